The first-order valence-corrected chi connectivity index (χ1v) is 5.38. The molecule has 0 radical (unpaired) electrons. The van der Waals surface area contributed by atoms with Crippen LogP contribution in [0.5, 0.6) is 0 Å². The van der Waals surface area contributed by atoms with Gasteiger partial charge in [-0.1, -0.05) is 19.1 Å². The van der Waals surface area contributed by atoms with Crippen molar-refractivity contribution in [1.29, 1.82) is 0 Å². The van der Waals surface area contributed by atoms with Crippen LogP contribution in [0, 0.1) is 11.7 Å². The molecule has 0 aromatic heterocycles. The molecule has 0 bridgehead atoms. The highest BCUT2D eigenvalue weighted by Gasteiger charge is 2.48. The van der Waals surface area contributed by atoms with E-state index in [9.17, 15) is 9.18 Å². The highest BCUT2D eigenvalue weighted by Crippen LogP contribution is 2.49. The van der Waals surface area contributed by atoms with Gasteiger partial charge in [-0.25, -0.2) is 4.39 Å². The quantitative estimate of drug-likeness (QED) is 0.708. The normalized spacial score (nSPS) is 29.7. The third-order valence-electron chi connectivity index (χ3n) is 3.17. The zero-order valence-corrected chi connectivity index (χ0v) is 9.22. The number of carbonyl (C=O) groups is 1. The minimum absolute atomic E-state index is 0.289. The molecule has 0 aliphatic heterocycles. The molecule has 15 heavy (non-hydrogen) atoms. The van der Waals surface area contributed by atoms with Crippen LogP contribution in [0.2, 0.25) is 0 Å². The molecule has 0 unspecified atom stereocenters. The van der Waals surface area contributed by atoms with Crippen LogP contribution in [0.3, 0.4) is 0 Å². The molecule has 1 saturated carbocycles. The van der Waals surface area contributed by atoms with E-state index in [1.807, 2.05) is 0 Å². The van der Waals surface area contributed by atoms with E-state index in [2.05, 4.69) is 6.92 Å². The maximum absolute atomic E-state index is 12.8. The maximum Gasteiger partial charge on any atom is 0.232 e. The molecule has 0 atom stereocenters. The molecule has 1 fully saturated rings. The van der Waals surface area contributed by atoms with Crippen LogP contribution in [0.4, 0.5) is 4.39 Å². The van der Waals surface area contributed by atoms with Gasteiger partial charge in [0.1, 0.15) is 5.82 Å². The fraction of sp³-hybridized carbons (Fsp3) is 0.417. The SMILES string of the molecule is CC1CC(C(=O)Cl)(c2ccc(F)cc2)C1. The van der Waals surface area contributed by atoms with Crippen molar-refractivity contribution in [2.24, 2.45) is 5.92 Å². The average Bonchev–Trinajstić information content (AvgIpc) is 2.13. The van der Waals surface area contributed by atoms with Gasteiger partial charge in [0, 0.05) is 0 Å². The van der Waals surface area contributed by atoms with Crippen LogP contribution in [0.1, 0.15) is 25.3 Å². The van der Waals surface area contributed by atoms with Crippen LogP contribution in [0.25, 0.3) is 0 Å². The number of halogens is 2. The van der Waals surface area contributed by atoms with Gasteiger partial charge < -0.3 is 0 Å². The molecule has 80 valence electrons. The molecule has 2 rings (SSSR count). The molecule has 1 aliphatic rings. The Balaban J connectivity index is 2.34. The monoisotopic (exact) mass is 226 g/mol. The van der Waals surface area contributed by atoms with Crippen molar-refractivity contribution >= 4 is 16.8 Å². The van der Waals surface area contributed by atoms with E-state index in [0.717, 1.165) is 18.4 Å². The standard InChI is InChI=1S/C12H12ClFO/c1-8-6-12(7-8,11(13)15)9-2-4-10(14)5-3-9/h2-5,8H,6-7H2,1H3. The van der Waals surface area contributed by atoms with Gasteiger partial charge in [-0.05, 0) is 48.1 Å². The summed E-state index contributed by atoms with van der Waals surface area (Å²) < 4.78 is 12.8. The molecule has 1 aromatic rings. The van der Waals surface area contributed by atoms with E-state index in [1.54, 1.807) is 12.1 Å². The molecule has 0 heterocycles. The molecule has 3 heteroatoms. The van der Waals surface area contributed by atoms with Gasteiger partial charge >= 0.3 is 0 Å². The second kappa shape index (κ2) is 3.60. The van der Waals surface area contributed by atoms with E-state index in [4.69, 9.17) is 11.6 Å². The van der Waals surface area contributed by atoms with Gasteiger partial charge in [-0.2, -0.15) is 0 Å². The Kier molecular flexibility index (Phi) is 2.55. The van der Waals surface area contributed by atoms with E-state index < -0.39 is 5.41 Å². The van der Waals surface area contributed by atoms with Gasteiger partial charge in [0.05, 0.1) is 5.41 Å². The lowest BCUT2D eigenvalue weighted by Crippen LogP contribution is -2.44. The predicted octanol–water partition coefficient (Wildman–Crippen LogP) is 3.26. The summed E-state index contributed by atoms with van der Waals surface area (Å²) in [4.78, 5) is 11.5. The van der Waals surface area contributed by atoms with Crippen LogP contribution in [-0.2, 0) is 10.2 Å². The zero-order chi connectivity index (χ0) is 11.1. The largest absolute Gasteiger partial charge is 0.280 e. The Morgan fingerprint density at radius 2 is 1.93 bits per heavy atom. The second-order valence-corrected chi connectivity index (χ2v) is 4.72. The van der Waals surface area contributed by atoms with E-state index >= 15 is 0 Å². The molecular formula is C12H12ClFO. The van der Waals surface area contributed by atoms with Crippen molar-refractivity contribution in [3.8, 4) is 0 Å². The number of hydrogen-bond acceptors (Lipinski definition) is 1. The molecule has 0 spiro atoms. The third kappa shape index (κ3) is 1.67. The predicted molar refractivity (Wildman–Crippen MR) is 57.3 cm³/mol. The average molecular weight is 227 g/mol. The lowest BCUT2D eigenvalue weighted by molar-refractivity contribution is -0.121. The van der Waals surface area contributed by atoms with Crippen LogP contribution < -0.4 is 0 Å². The van der Waals surface area contributed by atoms with Gasteiger partial charge in [0.2, 0.25) is 5.24 Å². The summed E-state index contributed by atoms with van der Waals surface area (Å²) in [5.41, 5.74) is 0.274. The summed E-state index contributed by atoms with van der Waals surface area (Å²) in [6.45, 7) is 2.08. The van der Waals surface area contributed by atoms with Crippen molar-refractivity contribution < 1.29 is 9.18 Å². The van der Waals surface area contributed by atoms with Crippen molar-refractivity contribution in [3.05, 3.63) is 35.6 Å². The van der Waals surface area contributed by atoms with Gasteiger partial charge in [-0.3, -0.25) is 4.79 Å². The Labute approximate surface area is 93.2 Å². The highest BCUT2D eigenvalue weighted by atomic mass is 35.5. The van der Waals surface area contributed by atoms with Crippen molar-refractivity contribution in [2.45, 2.75) is 25.2 Å². The highest BCUT2D eigenvalue weighted by molar-refractivity contribution is 6.65. The lowest BCUT2D eigenvalue weighted by Gasteiger charge is -2.44. The molecule has 0 N–H and O–H groups in total. The van der Waals surface area contributed by atoms with Crippen molar-refractivity contribution in [1.82, 2.24) is 0 Å². The Hall–Kier alpha value is -0.890. The maximum atomic E-state index is 12.8. The molecule has 0 amide bonds. The third-order valence-corrected chi connectivity index (χ3v) is 3.53. The van der Waals surface area contributed by atoms with E-state index in [0.29, 0.717) is 5.92 Å². The molecule has 1 aliphatic carbocycles. The Bertz CT molecular complexity index is 379. The Morgan fingerprint density at radius 3 is 2.33 bits per heavy atom. The van der Waals surface area contributed by atoms with Gasteiger partial charge in [0.15, 0.2) is 0 Å². The fourth-order valence-electron chi connectivity index (χ4n) is 2.41. The number of rotatable bonds is 2. The first kappa shape index (κ1) is 10.6. The molecule has 1 nitrogen and oxygen atoms in total. The van der Waals surface area contributed by atoms with Gasteiger partial charge in [0.25, 0.3) is 0 Å². The summed E-state index contributed by atoms with van der Waals surface area (Å²) in [5.74, 6) is 0.223. The van der Waals surface area contributed by atoms with Crippen molar-refractivity contribution in [2.75, 3.05) is 0 Å². The summed E-state index contributed by atoms with van der Waals surface area (Å²) in [6, 6.07) is 6.06. The molecule has 1 aromatic carbocycles. The summed E-state index contributed by atoms with van der Waals surface area (Å²) >= 11 is 5.64. The van der Waals surface area contributed by atoms with E-state index in [1.165, 1.54) is 12.1 Å². The van der Waals surface area contributed by atoms with E-state index in [-0.39, 0.29) is 11.1 Å². The van der Waals surface area contributed by atoms with Crippen LogP contribution in [0.15, 0.2) is 24.3 Å². The molecule has 0 saturated heterocycles. The van der Waals surface area contributed by atoms with Crippen LogP contribution in [-0.4, -0.2) is 5.24 Å². The van der Waals surface area contributed by atoms with Crippen molar-refractivity contribution in [3.63, 3.8) is 0 Å². The number of benzene rings is 1. The van der Waals surface area contributed by atoms with Crippen LogP contribution >= 0.6 is 11.6 Å². The molecular weight excluding hydrogens is 215 g/mol. The summed E-state index contributed by atoms with van der Waals surface area (Å²) in [7, 11) is 0. The fourth-order valence-corrected chi connectivity index (χ4v) is 2.67. The minimum atomic E-state index is -0.561. The smallest absolute Gasteiger partial charge is 0.232 e. The number of carbonyl (C=O) groups excluding carboxylic acids is 1. The first-order chi connectivity index (χ1) is 7.04. The first-order valence-electron chi connectivity index (χ1n) is 5.00. The zero-order valence-electron chi connectivity index (χ0n) is 8.47. The Morgan fingerprint density at radius 1 is 1.40 bits per heavy atom. The summed E-state index contributed by atoms with van der Waals surface area (Å²) in [5, 5.41) is -0.327. The lowest BCUT2D eigenvalue weighted by atomic mass is 9.60. The topological polar surface area (TPSA) is 17.1 Å². The summed E-state index contributed by atoms with van der Waals surface area (Å²) in [6.07, 6.45) is 1.53. The minimum Gasteiger partial charge on any atom is -0.280 e. The number of hydrogen-bond donors (Lipinski definition) is 0. The van der Waals surface area contributed by atoms with Gasteiger partial charge in [-0.15, -0.1) is 0 Å². The second-order valence-electron chi connectivity index (χ2n) is 4.38.